The van der Waals surface area contributed by atoms with Crippen LogP contribution in [-0.4, -0.2) is 50.8 Å². The largest absolute Gasteiger partial charge is 0.373 e. The molecule has 4 aliphatic heterocycles. The number of aryl methyl sites for hydroxylation is 1. The molecule has 0 saturated carbocycles. The molecule has 0 N–H and O–H groups in total. The minimum absolute atomic E-state index is 0.394. The van der Waals surface area contributed by atoms with Gasteiger partial charge in [-0.25, -0.2) is 0 Å². The van der Waals surface area contributed by atoms with Gasteiger partial charge in [-0.05, 0) is 87.9 Å². The fourth-order valence-corrected chi connectivity index (χ4v) is 7.83. The van der Waals surface area contributed by atoms with E-state index in [4.69, 9.17) is 18.9 Å². The van der Waals surface area contributed by atoms with Gasteiger partial charge in [-0.3, -0.25) is 0 Å². The minimum Gasteiger partial charge on any atom is -0.373 e. The fourth-order valence-electron chi connectivity index (χ4n) is 7.83. The predicted molar refractivity (Wildman–Crippen MR) is 191 cm³/mol. The molecule has 4 fully saturated rings. The van der Waals surface area contributed by atoms with Gasteiger partial charge in [-0.2, -0.15) is 0 Å². The van der Waals surface area contributed by atoms with Crippen LogP contribution in [0.1, 0.15) is 88.4 Å². The maximum Gasteiger partial charge on any atom is 0.0850 e. The standard InChI is InChI=1S/C44H50O4/c1-30(44-9-5-4-8-38(44)25-43-29-48-43)20-39(35-16-12-32(13-17-35)22-41-27-46-41)23-37(34-14-10-31(11-15-34)21-40-26-45-40)19-18-33-6-2-3-7-36(33)24-42-28-47-42/h2-17,30,37,39-43H,18-29H2,1H3. The molecule has 4 heteroatoms. The first-order valence-corrected chi connectivity index (χ1v) is 18.4. The smallest absolute Gasteiger partial charge is 0.0850 e. The van der Waals surface area contributed by atoms with Crippen molar-refractivity contribution in [3.63, 3.8) is 0 Å². The summed E-state index contributed by atoms with van der Waals surface area (Å²) < 4.78 is 22.4. The van der Waals surface area contributed by atoms with Crippen LogP contribution in [0.15, 0.2) is 97.1 Å². The first-order valence-electron chi connectivity index (χ1n) is 18.4. The average Bonchev–Trinajstić information content (AvgIpc) is 3.90. The van der Waals surface area contributed by atoms with E-state index in [0.29, 0.717) is 42.2 Å². The summed E-state index contributed by atoms with van der Waals surface area (Å²) in [5.74, 6) is 1.34. The van der Waals surface area contributed by atoms with Gasteiger partial charge in [0.15, 0.2) is 0 Å². The van der Waals surface area contributed by atoms with Crippen LogP contribution in [-0.2, 0) is 51.1 Å². The fraction of sp³-hybridized carbons (Fsp3) is 0.455. The lowest BCUT2D eigenvalue weighted by Gasteiger charge is -2.28. The van der Waals surface area contributed by atoms with Gasteiger partial charge in [-0.15, -0.1) is 0 Å². The Morgan fingerprint density at radius 3 is 1.52 bits per heavy atom. The number of hydrogen-bond acceptors (Lipinski definition) is 4. The highest BCUT2D eigenvalue weighted by Crippen LogP contribution is 2.41. The van der Waals surface area contributed by atoms with Gasteiger partial charge in [0.25, 0.3) is 0 Å². The molecule has 4 aromatic rings. The van der Waals surface area contributed by atoms with E-state index in [-0.39, 0.29) is 0 Å². The van der Waals surface area contributed by atoms with Crippen molar-refractivity contribution in [1.82, 2.24) is 0 Å². The molecule has 7 atom stereocenters. The molecule has 4 saturated heterocycles. The van der Waals surface area contributed by atoms with Crippen LogP contribution in [0.5, 0.6) is 0 Å². The maximum atomic E-state index is 5.65. The molecular formula is C44H50O4. The highest BCUT2D eigenvalue weighted by atomic mass is 16.6. The summed E-state index contributed by atoms with van der Waals surface area (Å²) in [5.41, 5.74) is 11.6. The van der Waals surface area contributed by atoms with E-state index in [1.807, 2.05) is 0 Å². The lowest BCUT2D eigenvalue weighted by molar-refractivity contribution is 0.406. The zero-order valence-electron chi connectivity index (χ0n) is 28.4. The molecule has 48 heavy (non-hydrogen) atoms. The molecule has 8 rings (SSSR count). The molecule has 0 aliphatic carbocycles. The van der Waals surface area contributed by atoms with E-state index in [1.165, 1.54) is 44.5 Å². The van der Waals surface area contributed by atoms with Crippen molar-refractivity contribution in [2.75, 3.05) is 26.4 Å². The van der Waals surface area contributed by atoms with Crippen LogP contribution >= 0.6 is 0 Å². The van der Waals surface area contributed by atoms with E-state index >= 15 is 0 Å². The molecule has 0 amide bonds. The molecule has 4 nitrogen and oxygen atoms in total. The minimum atomic E-state index is 0.394. The van der Waals surface area contributed by atoms with Gasteiger partial charge in [-0.1, -0.05) is 104 Å². The number of hydrogen-bond donors (Lipinski definition) is 0. The van der Waals surface area contributed by atoms with Crippen molar-refractivity contribution >= 4 is 0 Å². The summed E-state index contributed by atoms with van der Waals surface area (Å²) in [7, 11) is 0. The topological polar surface area (TPSA) is 50.1 Å². The second-order valence-electron chi connectivity index (χ2n) is 14.9. The molecule has 4 aliphatic rings. The second kappa shape index (κ2) is 14.7. The first kappa shape index (κ1) is 32.0. The molecule has 0 aromatic heterocycles. The zero-order chi connectivity index (χ0) is 32.3. The maximum absolute atomic E-state index is 5.65. The molecule has 0 spiro atoms. The van der Waals surface area contributed by atoms with Gasteiger partial charge in [0.1, 0.15) is 0 Å². The monoisotopic (exact) mass is 642 g/mol. The summed E-state index contributed by atoms with van der Waals surface area (Å²) in [6.07, 6.45) is 10.2. The Balaban J connectivity index is 1.07. The van der Waals surface area contributed by atoms with E-state index in [2.05, 4.69) is 104 Å². The van der Waals surface area contributed by atoms with Gasteiger partial charge < -0.3 is 18.9 Å². The quantitative estimate of drug-likeness (QED) is 0.102. The van der Waals surface area contributed by atoms with Gasteiger partial charge >= 0.3 is 0 Å². The van der Waals surface area contributed by atoms with E-state index in [0.717, 1.165) is 77.8 Å². The lowest BCUT2D eigenvalue weighted by Crippen LogP contribution is -2.13. The second-order valence-corrected chi connectivity index (χ2v) is 14.9. The highest BCUT2D eigenvalue weighted by molar-refractivity contribution is 5.35. The third kappa shape index (κ3) is 8.84. The van der Waals surface area contributed by atoms with Crippen molar-refractivity contribution in [2.24, 2.45) is 0 Å². The highest BCUT2D eigenvalue weighted by Gasteiger charge is 2.29. The van der Waals surface area contributed by atoms with Crippen molar-refractivity contribution in [2.45, 2.75) is 100 Å². The number of benzene rings is 4. The average molecular weight is 643 g/mol. The molecule has 4 heterocycles. The molecule has 0 radical (unpaired) electrons. The van der Waals surface area contributed by atoms with Gasteiger partial charge in [0.05, 0.1) is 50.8 Å². The van der Waals surface area contributed by atoms with Crippen molar-refractivity contribution in [3.8, 4) is 0 Å². The summed E-state index contributed by atoms with van der Waals surface area (Å²) in [6.45, 7) is 6.04. The Kier molecular flexibility index (Phi) is 9.77. The van der Waals surface area contributed by atoms with Crippen LogP contribution in [0.2, 0.25) is 0 Å². The number of rotatable bonds is 18. The number of ether oxygens (including phenoxy) is 4. The van der Waals surface area contributed by atoms with Crippen LogP contribution in [0.4, 0.5) is 0 Å². The van der Waals surface area contributed by atoms with Crippen molar-refractivity contribution in [1.29, 1.82) is 0 Å². The first-order chi connectivity index (χ1) is 23.6. The summed E-state index contributed by atoms with van der Waals surface area (Å²) in [6, 6.07) is 37.2. The Labute approximate surface area is 286 Å². The summed E-state index contributed by atoms with van der Waals surface area (Å²) in [5, 5.41) is 0. The molecule has 250 valence electrons. The Morgan fingerprint density at radius 1 is 0.500 bits per heavy atom. The Morgan fingerprint density at radius 2 is 0.958 bits per heavy atom. The third-order valence-corrected chi connectivity index (χ3v) is 11.0. The molecule has 4 aromatic carbocycles. The van der Waals surface area contributed by atoms with E-state index < -0.39 is 0 Å². The lowest BCUT2D eigenvalue weighted by atomic mass is 9.76. The van der Waals surface area contributed by atoms with E-state index in [9.17, 15) is 0 Å². The van der Waals surface area contributed by atoms with E-state index in [1.54, 1.807) is 0 Å². The van der Waals surface area contributed by atoms with Gasteiger partial charge in [0, 0.05) is 25.7 Å². The Hall–Kier alpha value is -3.28. The zero-order valence-corrected chi connectivity index (χ0v) is 28.4. The summed E-state index contributed by atoms with van der Waals surface area (Å²) >= 11 is 0. The molecular weight excluding hydrogens is 592 g/mol. The predicted octanol–water partition coefficient (Wildman–Crippen LogP) is 8.54. The number of epoxide rings is 4. The normalized spacial score (nSPS) is 24.1. The molecule has 7 unspecified atom stereocenters. The SMILES string of the molecule is CC(CC(CC(CCc1ccccc1CC1CO1)c1ccc(CC2CO2)cc1)c1ccc(CC2CO2)cc1)c1ccccc1CC1CO1. The Bertz CT molecular complexity index is 1630. The third-order valence-electron chi connectivity index (χ3n) is 11.0. The van der Waals surface area contributed by atoms with Crippen LogP contribution in [0.3, 0.4) is 0 Å². The van der Waals surface area contributed by atoms with Crippen LogP contribution < -0.4 is 0 Å². The van der Waals surface area contributed by atoms with Crippen molar-refractivity contribution in [3.05, 3.63) is 142 Å². The van der Waals surface area contributed by atoms with Gasteiger partial charge in [0.2, 0.25) is 0 Å². The van der Waals surface area contributed by atoms with Crippen LogP contribution in [0, 0.1) is 0 Å². The van der Waals surface area contributed by atoms with Crippen LogP contribution in [0.25, 0.3) is 0 Å². The van der Waals surface area contributed by atoms with Crippen molar-refractivity contribution < 1.29 is 18.9 Å². The molecule has 0 bridgehead atoms. The summed E-state index contributed by atoms with van der Waals surface area (Å²) in [4.78, 5) is 0.